The van der Waals surface area contributed by atoms with E-state index in [4.69, 9.17) is 10.5 Å². The first kappa shape index (κ1) is 16.2. The molecular weight excluding hydrogens is 256 g/mol. The number of aromatic nitrogens is 1. The van der Waals surface area contributed by atoms with Gasteiger partial charge in [-0.2, -0.15) is 0 Å². The molecule has 0 radical (unpaired) electrons. The molecule has 1 unspecified atom stereocenters. The summed E-state index contributed by atoms with van der Waals surface area (Å²) in [6.07, 6.45) is 1.23. The van der Waals surface area contributed by atoms with Gasteiger partial charge in [0.15, 0.2) is 0 Å². The summed E-state index contributed by atoms with van der Waals surface area (Å²) in [5.74, 6) is 0.849. The number of nitrogens with zero attached hydrogens (tertiary/aromatic N) is 2. The lowest BCUT2D eigenvalue weighted by atomic mass is 10.1. The third-order valence-electron chi connectivity index (χ3n) is 2.56. The molecule has 0 saturated heterocycles. The number of carbonyl (C=O) groups is 1. The third kappa shape index (κ3) is 5.05. The molecule has 1 amide bonds. The minimum atomic E-state index is -0.531. The van der Waals surface area contributed by atoms with E-state index >= 15 is 0 Å². The number of amides is 1. The van der Waals surface area contributed by atoms with Crippen molar-refractivity contribution in [3.8, 4) is 0 Å². The highest BCUT2D eigenvalue weighted by molar-refractivity contribution is 5.68. The first-order valence-corrected chi connectivity index (χ1v) is 6.56. The van der Waals surface area contributed by atoms with E-state index in [0.717, 1.165) is 11.4 Å². The maximum atomic E-state index is 11.8. The molecular formula is C14H24N4O2. The molecule has 1 heterocycles. The molecule has 1 rings (SSSR count). The van der Waals surface area contributed by atoms with Gasteiger partial charge >= 0.3 is 6.09 Å². The lowest BCUT2D eigenvalue weighted by Gasteiger charge is -2.23. The van der Waals surface area contributed by atoms with Gasteiger partial charge in [-0.15, -0.1) is 0 Å². The average molecular weight is 280 g/mol. The Morgan fingerprint density at radius 2 is 2.10 bits per heavy atom. The number of nitrogens with two attached hydrogens (primary N) is 1. The number of hydrogen-bond acceptors (Lipinski definition) is 5. The second kappa shape index (κ2) is 6.56. The molecule has 0 spiro atoms. The van der Waals surface area contributed by atoms with E-state index in [2.05, 4.69) is 10.3 Å². The number of pyridine rings is 1. The normalized spacial score (nSPS) is 12.7. The van der Waals surface area contributed by atoms with Gasteiger partial charge in [0.05, 0.1) is 6.04 Å². The molecule has 3 N–H and O–H groups in total. The minimum absolute atomic E-state index is 0.280. The lowest BCUT2D eigenvalue weighted by Crippen LogP contribution is -2.37. The van der Waals surface area contributed by atoms with Crippen molar-refractivity contribution in [1.82, 2.24) is 10.3 Å². The van der Waals surface area contributed by atoms with E-state index in [1.165, 1.54) is 0 Å². The number of ether oxygens (including phenoxy) is 1. The summed E-state index contributed by atoms with van der Waals surface area (Å²) in [6, 6.07) is 3.47. The molecule has 0 aliphatic rings. The molecule has 0 aliphatic heterocycles. The first-order valence-electron chi connectivity index (χ1n) is 6.56. The highest BCUT2D eigenvalue weighted by atomic mass is 16.6. The minimum Gasteiger partial charge on any atom is -0.444 e. The van der Waals surface area contributed by atoms with Crippen molar-refractivity contribution < 1.29 is 9.53 Å². The van der Waals surface area contributed by atoms with Crippen LogP contribution < -0.4 is 16.0 Å². The van der Waals surface area contributed by atoms with Gasteiger partial charge in [-0.05, 0) is 32.4 Å². The number of rotatable bonds is 4. The van der Waals surface area contributed by atoms with Crippen molar-refractivity contribution in [2.75, 3.05) is 25.5 Å². The molecule has 1 aromatic heterocycles. The second-order valence-electron chi connectivity index (χ2n) is 5.78. The third-order valence-corrected chi connectivity index (χ3v) is 2.56. The summed E-state index contributed by atoms with van der Waals surface area (Å²) in [7, 11) is 3.84. The number of hydrogen-bond donors (Lipinski definition) is 2. The lowest BCUT2D eigenvalue weighted by molar-refractivity contribution is 0.0505. The highest BCUT2D eigenvalue weighted by Gasteiger charge is 2.20. The van der Waals surface area contributed by atoms with Gasteiger partial charge in [-0.25, -0.2) is 9.78 Å². The Morgan fingerprint density at radius 3 is 2.50 bits per heavy atom. The predicted octanol–water partition coefficient (Wildman–Crippen LogP) is 1.67. The Bertz CT molecular complexity index is 437. The molecule has 0 bridgehead atoms. The van der Waals surface area contributed by atoms with E-state index in [1.807, 2.05) is 51.9 Å². The number of anilines is 1. The van der Waals surface area contributed by atoms with Crippen molar-refractivity contribution in [2.45, 2.75) is 32.4 Å². The van der Waals surface area contributed by atoms with Crippen LogP contribution >= 0.6 is 0 Å². The van der Waals surface area contributed by atoms with Crippen molar-refractivity contribution in [3.63, 3.8) is 0 Å². The Kier molecular flexibility index (Phi) is 5.33. The number of carbonyl (C=O) groups excluding carboxylic acids is 1. The van der Waals surface area contributed by atoms with E-state index < -0.39 is 11.7 Å². The molecule has 0 saturated carbocycles. The zero-order valence-electron chi connectivity index (χ0n) is 12.8. The molecule has 1 aromatic rings. The molecule has 1 atom stereocenters. The van der Waals surface area contributed by atoms with Gasteiger partial charge in [0, 0.05) is 26.8 Å². The summed E-state index contributed by atoms with van der Waals surface area (Å²) < 4.78 is 5.22. The highest BCUT2D eigenvalue weighted by Crippen LogP contribution is 2.15. The Labute approximate surface area is 120 Å². The van der Waals surface area contributed by atoms with Gasteiger partial charge in [0.25, 0.3) is 0 Å². The second-order valence-corrected chi connectivity index (χ2v) is 5.78. The van der Waals surface area contributed by atoms with Crippen molar-refractivity contribution in [3.05, 3.63) is 23.9 Å². The van der Waals surface area contributed by atoms with Gasteiger partial charge < -0.3 is 20.7 Å². The molecule has 6 nitrogen and oxygen atoms in total. The molecule has 0 aromatic carbocycles. The van der Waals surface area contributed by atoms with Gasteiger partial charge in [0.1, 0.15) is 11.4 Å². The van der Waals surface area contributed by atoms with E-state index in [9.17, 15) is 4.79 Å². The predicted molar refractivity (Wildman–Crippen MR) is 79.7 cm³/mol. The van der Waals surface area contributed by atoms with Crippen LogP contribution in [0.5, 0.6) is 0 Å². The number of alkyl carbamates (subject to hydrolysis) is 1. The van der Waals surface area contributed by atoms with Crippen LogP contribution in [0.15, 0.2) is 18.3 Å². The quantitative estimate of drug-likeness (QED) is 0.877. The molecule has 6 heteroatoms. The standard InChI is InChI=1S/C14H24N4O2/c1-14(2,3)20-13(19)17-11(8-15)10-6-7-12(16-9-10)18(4)5/h6-7,9,11H,8,15H2,1-5H3,(H,17,19). The van der Waals surface area contributed by atoms with Crippen molar-refractivity contribution in [2.24, 2.45) is 5.73 Å². The molecule has 112 valence electrons. The SMILES string of the molecule is CN(C)c1ccc(C(CN)NC(=O)OC(C)(C)C)cn1. The average Bonchev–Trinajstić information content (AvgIpc) is 2.34. The van der Waals surface area contributed by atoms with Gasteiger partial charge in [0.2, 0.25) is 0 Å². The first-order chi connectivity index (χ1) is 9.23. The fourth-order valence-corrected chi connectivity index (χ4v) is 1.60. The van der Waals surface area contributed by atoms with Gasteiger partial charge in [-0.1, -0.05) is 6.07 Å². The van der Waals surface area contributed by atoms with Crippen LogP contribution in [0.25, 0.3) is 0 Å². The van der Waals surface area contributed by atoms with Crippen LogP contribution in [-0.4, -0.2) is 37.3 Å². The Morgan fingerprint density at radius 1 is 1.45 bits per heavy atom. The van der Waals surface area contributed by atoms with Crippen LogP contribution in [-0.2, 0) is 4.74 Å². The fourth-order valence-electron chi connectivity index (χ4n) is 1.60. The molecule has 20 heavy (non-hydrogen) atoms. The molecule has 0 fully saturated rings. The zero-order valence-corrected chi connectivity index (χ0v) is 12.8. The summed E-state index contributed by atoms with van der Waals surface area (Å²) in [5, 5.41) is 2.75. The topological polar surface area (TPSA) is 80.5 Å². The smallest absolute Gasteiger partial charge is 0.408 e. The summed E-state index contributed by atoms with van der Waals surface area (Å²) in [6.45, 7) is 5.73. The van der Waals surface area contributed by atoms with Crippen LogP contribution in [0.4, 0.5) is 10.6 Å². The number of nitrogens with one attached hydrogen (secondary N) is 1. The van der Waals surface area contributed by atoms with E-state index in [-0.39, 0.29) is 12.6 Å². The van der Waals surface area contributed by atoms with Crippen molar-refractivity contribution in [1.29, 1.82) is 0 Å². The van der Waals surface area contributed by atoms with E-state index in [1.54, 1.807) is 6.20 Å². The van der Waals surface area contributed by atoms with Crippen molar-refractivity contribution >= 4 is 11.9 Å². The maximum Gasteiger partial charge on any atom is 0.408 e. The maximum absolute atomic E-state index is 11.8. The molecule has 0 aliphatic carbocycles. The van der Waals surface area contributed by atoms with Crippen LogP contribution in [0.3, 0.4) is 0 Å². The fraction of sp³-hybridized carbons (Fsp3) is 0.571. The van der Waals surface area contributed by atoms with Gasteiger partial charge in [-0.3, -0.25) is 0 Å². The largest absolute Gasteiger partial charge is 0.444 e. The summed E-state index contributed by atoms with van der Waals surface area (Å²) >= 11 is 0. The van der Waals surface area contributed by atoms with Crippen LogP contribution in [0.2, 0.25) is 0 Å². The van der Waals surface area contributed by atoms with Crippen LogP contribution in [0, 0.1) is 0 Å². The zero-order chi connectivity index (χ0) is 15.3. The Hall–Kier alpha value is -1.82. The monoisotopic (exact) mass is 280 g/mol. The van der Waals surface area contributed by atoms with E-state index in [0.29, 0.717) is 0 Å². The van der Waals surface area contributed by atoms with Crippen LogP contribution in [0.1, 0.15) is 32.4 Å². The Balaban J connectivity index is 2.73. The summed E-state index contributed by atoms with van der Waals surface area (Å²) in [5.41, 5.74) is 6.03. The summed E-state index contributed by atoms with van der Waals surface area (Å²) in [4.78, 5) is 18.0.